The summed E-state index contributed by atoms with van der Waals surface area (Å²) in [4.78, 5) is 15.1. The Morgan fingerprint density at radius 3 is 2.47 bits per heavy atom. The number of fused-ring (bicyclic) bond motifs is 3. The molecule has 2 saturated heterocycles. The predicted octanol–water partition coefficient (Wildman–Crippen LogP) is 2.65. The van der Waals surface area contributed by atoms with Crippen LogP contribution in [0.3, 0.4) is 0 Å². The lowest BCUT2D eigenvalue weighted by Gasteiger charge is -2.60. The van der Waals surface area contributed by atoms with Crippen LogP contribution in [0.25, 0.3) is 5.69 Å². The summed E-state index contributed by atoms with van der Waals surface area (Å²) in [7, 11) is 0. The zero-order chi connectivity index (χ0) is 21.4. The summed E-state index contributed by atoms with van der Waals surface area (Å²) < 4.78 is 15.3. The average Bonchev–Trinajstić information content (AvgIpc) is 3.51. The third-order valence-corrected chi connectivity index (χ3v) is 7.29. The van der Waals surface area contributed by atoms with Gasteiger partial charge in [0.25, 0.3) is 0 Å². The highest BCUT2D eigenvalue weighted by atomic mass is 35.5. The van der Waals surface area contributed by atoms with E-state index >= 15 is 0 Å². The molecule has 10 heteroatoms. The first-order chi connectivity index (χ1) is 15.6. The van der Waals surface area contributed by atoms with Gasteiger partial charge in [0.1, 0.15) is 0 Å². The molecule has 1 spiro atoms. The molecule has 3 aliphatic heterocycles. The van der Waals surface area contributed by atoms with Crippen LogP contribution in [-0.2, 0) is 13.1 Å². The van der Waals surface area contributed by atoms with Gasteiger partial charge in [-0.3, -0.25) is 9.47 Å². The fourth-order valence-electron chi connectivity index (χ4n) is 5.39. The topological polar surface area (TPSA) is 66.2 Å². The van der Waals surface area contributed by atoms with Crippen molar-refractivity contribution >= 4 is 23.5 Å². The second-order valence-corrected chi connectivity index (χ2v) is 10.0. The van der Waals surface area contributed by atoms with Gasteiger partial charge < -0.3 is 9.80 Å². The van der Waals surface area contributed by atoms with Crippen LogP contribution >= 0.6 is 11.6 Å². The fourth-order valence-corrected chi connectivity index (χ4v) is 5.59. The molecule has 3 fully saturated rings. The minimum absolute atomic E-state index is 0.206. The molecule has 5 heterocycles. The lowest BCUT2D eigenvalue weighted by molar-refractivity contribution is 0.152. The predicted molar refractivity (Wildman–Crippen MR) is 117 cm³/mol. The second kappa shape index (κ2) is 6.62. The zero-order valence-corrected chi connectivity index (χ0v) is 18.2. The standard InChI is InChI=1S/C22H22ClFN8/c23-15-1-4-18-14(5-15)8-29(17-2-3-17)9-19-27-28-21(32(18)19)31-12-22(13-31)10-30(11-22)20-25-6-16(24)7-26-20/h1,4-7,17H,2-3,8-13H2. The molecule has 32 heavy (non-hydrogen) atoms. The van der Waals surface area contributed by atoms with Gasteiger partial charge in [0, 0.05) is 49.2 Å². The summed E-state index contributed by atoms with van der Waals surface area (Å²) in [6.45, 7) is 5.27. The fraction of sp³-hybridized carbons (Fsp3) is 0.455. The normalized spacial score (nSPS) is 21.6. The molecule has 1 aliphatic carbocycles. The number of hydrogen-bond acceptors (Lipinski definition) is 7. The van der Waals surface area contributed by atoms with Crippen LogP contribution in [0.4, 0.5) is 16.3 Å². The smallest absolute Gasteiger partial charge is 0.231 e. The molecule has 0 bridgehead atoms. The maximum Gasteiger partial charge on any atom is 0.231 e. The molecule has 7 rings (SSSR count). The third-order valence-electron chi connectivity index (χ3n) is 7.05. The third kappa shape index (κ3) is 2.91. The first-order valence-corrected chi connectivity index (χ1v) is 11.4. The van der Waals surface area contributed by atoms with Crippen molar-refractivity contribution in [1.82, 2.24) is 29.6 Å². The van der Waals surface area contributed by atoms with Crippen molar-refractivity contribution in [2.24, 2.45) is 5.41 Å². The Morgan fingerprint density at radius 1 is 0.969 bits per heavy atom. The van der Waals surface area contributed by atoms with Crippen LogP contribution in [0.2, 0.25) is 5.02 Å². The second-order valence-electron chi connectivity index (χ2n) is 9.57. The van der Waals surface area contributed by atoms with Gasteiger partial charge in [0.2, 0.25) is 11.9 Å². The van der Waals surface area contributed by atoms with Gasteiger partial charge in [-0.15, -0.1) is 10.2 Å². The van der Waals surface area contributed by atoms with E-state index in [2.05, 4.69) is 51.6 Å². The first-order valence-electron chi connectivity index (χ1n) is 11.0. The van der Waals surface area contributed by atoms with Gasteiger partial charge in [-0.1, -0.05) is 11.6 Å². The monoisotopic (exact) mass is 452 g/mol. The minimum Gasteiger partial charge on any atom is -0.339 e. The van der Waals surface area contributed by atoms with Crippen molar-refractivity contribution in [3.05, 3.63) is 52.8 Å². The highest BCUT2D eigenvalue weighted by molar-refractivity contribution is 6.30. The van der Waals surface area contributed by atoms with Crippen LogP contribution in [0.5, 0.6) is 0 Å². The van der Waals surface area contributed by atoms with E-state index in [0.717, 1.165) is 61.8 Å². The molecule has 3 aromatic rings. The molecule has 1 saturated carbocycles. The highest BCUT2D eigenvalue weighted by Crippen LogP contribution is 2.44. The molecule has 0 N–H and O–H groups in total. The van der Waals surface area contributed by atoms with Crippen LogP contribution in [-0.4, -0.2) is 61.9 Å². The Morgan fingerprint density at radius 2 is 1.72 bits per heavy atom. The Hall–Kier alpha value is -2.78. The van der Waals surface area contributed by atoms with Crippen LogP contribution in [0, 0.1) is 11.2 Å². The molecule has 0 radical (unpaired) electrons. The molecule has 2 aromatic heterocycles. The zero-order valence-electron chi connectivity index (χ0n) is 17.5. The number of benzene rings is 1. The van der Waals surface area contributed by atoms with Crippen LogP contribution in [0.15, 0.2) is 30.6 Å². The Bertz CT molecular complexity index is 1190. The maximum absolute atomic E-state index is 13.1. The molecule has 8 nitrogen and oxygen atoms in total. The molecule has 1 aromatic carbocycles. The Balaban J connectivity index is 1.14. The van der Waals surface area contributed by atoms with Gasteiger partial charge in [-0.25, -0.2) is 14.4 Å². The van der Waals surface area contributed by atoms with E-state index in [0.29, 0.717) is 12.0 Å². The number of rotatable bonds is 3. The molecular weight excluding hydrogens is 431 g/mol. The van der Waals surface area contributed by atoms with E-state index < -0.39 is 5.82 Å². The van der Waals surface area contributed by atoms with Gasteiger partial charge in [-0.05, 0) is 36.6 Å². The SMILES string of the molecule is Fc1cnc(N2CC3(C2)CN(c2nnc4n2-c2ccc(Cl)cc2CN(C2CC2)C4)C3)nc1. The van der Waals surface area contributed by atoms with Crippen LogP contribution < -0.4 is 9.80 Å². The average molecular weight is 453 g/mol. The summed E-state index contributed by atoms with van der Waals surface area (Å²) >= 11 is 6.35. The van der Waals surface area contributed by atoms with Crippen molar-refractivity contribution in [1.29, 1.82) is 0 Å². The van der Waals surface area contributed by atoms with Crippen LogP contribution in [0.1, 0.15) is 24.2 Å². The largest absolute Gasteiger partial charge is 0.339 e. The highest BCUT2D eigenvalue weighted by Gasteiger charge is 2.54. The number of nitrogens with zero attached hydrogens (tertiary/aromatic N) is 8. The summed E-state index contributed by atoms with van der Waals surface area (Å²) in [5.41, 5.74) is 2.56. The number of halogens is 2. The van der Waals surface area contributed by atoms with E-state index in [1.165, 1.54) is 30.8 Å². The van der Waals surface area contributed by atoms with Gasteiger partial charge in [-0.2, -0.15) is 0 Å². The molecule has 4 aliphatic rings. The quantitative estimate of drug-likeness (QED) is 0.605. The lowest BCUT2D eigenvalue weighted by atomic mass is 9.73. The summed E-state index contributed by atoms with van der Waals surface area (Å²) in [6, 6.07) is 6.76. The lowest BCUT2D eigenvalue weighted by Crippen LogP contribution is -2.73. The van der Waals surface area contributed by atoms with Crippen molar-refractivity contribution < 1.29 is 4.39 Å². The molecule has 0 unspecified atom stereocenters. The number of anilines is 2. The van der Waals surface area contributed by atoms with Gasteiger partial charge in [0.15, 0.2) is 11.6 Å². The summed E-state index contributed by atoms with van der Waals surface area (Å²) in [5, 5.41) is 9.96. The molecule has 164 valence electrons. The van der Waals surface area contributed by atoms with Gasteiger partial charge >= 0.3 is 0 Å². The van der Waals surface area contributed by atoms with E-state index in [1.54, 1.807) is 0 Å². The molecule has 0 amide bonds. The van der Waals surface area contributed by atoms with Crippen molar-refractivity contribution in [3.8, 4) is 5.69 Å². The van der Waals surface area contributed by atoms with Crippen molar-refractivity contribution in [3.63, 3.8) is 0 Å². The minimum atomic E-state index is -0.409. The van der Waals surface area contributed by atoms with E-state index in [9.17, 15) is 4.39 Å². The first kappa shape index (κ1) is 18.8. The van der Waals surface area contributed by atoms with E-state index in [1.807, 2.05) is 6.07 Å². The number of hydrogen-bond donors (Lipinski definition) is 0. The van der Waals surface area contributed by atoms with Crippen molar-refractivity contribution in [2.75, 3.05) is 36.0 Å². The molecular formula is C22H22ClFN8. The van der Waals surface area contributed by atoms with E-state index in [4.69, 9.17) is 11.6 Å². The Labute approximate surface area is 189 Å². The number of aromatic nitrogens is 5. The maximum atomic E-state index is 13.1. The van der Waals surface area contributed by atoms with E-state index in [-0.39, 0.29) is 5.41 Å². The summed E-state index contributed by atoms with van der Waals surface area (Å²) in [5.74, 6) is 2.08. The molecule has 0 atom stereocenters. The van der Waals surface area contributed by atoms with Gasteiger partial charge in [0.05, 0.1) is 24.6 Å². The Kier molecular flexibility index (Phi) is 3.88. The summed E-state index contributed by atoms with van der Waals surface area (Å²) in [6.07, 6.45) is 4.95. The van der Waals surface area contributed by atoms with Crippen molar-refractivity contribution in [2.45, 2.75) is 32.0 Å².